The van der Waals surface area contributed by atoms with Crippen LogP contribution < -0.4 is 9.47 Å². The van der Waals surface area contributed by atoms with E-state index in [0.717, 1.165) is 19.1 Å². The largest absolute Gasteiger partial charge is 0.493 e. The van der Waals surface area contributed by atoms with E-state index in [0.29, 0.717) is 6.07 Å². The number of nitrogens with zero attached hydrogens (tertiary/aromatic N) is 1. The highest BCUT2D eigenvalue weighted by molar-refractivity contribution is 5.95. The Bertz CT molecular complexity index is 1140. The van der Waals surface area contributed by atoms with Crippen molar-refractivity contribution in [2.45, 2.75) is 37.3 Å². The van der Waals surface area contributed by atoms with Gasteiger partial charge in [0, 0.05) is 24.6 Å². The van der Waals surface area contributed by atoms with Crippen molar-refractivity contribution >= 4 is 5.91 Å². The van der Waals surface area contributed by atoms with Gasteiger partial charge in [-0.15, -0.1) is 0 Å². The van der Waals surface area contributed by atoms with Gasteiger partial charge in [-0.1, -0.05) is 0 Å². The van der Waals surface area contributed by atoms with Crippen molar-refractivity contribution in [3.63, 3.8) is 0 Å². The molecular formula is C23H22F5NO5. The molecule has 3 unspecified atom stereocenters. The lowest BCUT2D eigenvalue weighted by Gasteiger charge is -2.42. The van der Waals surface area contributed by atoms with Crippen LogP contribution in [0.5, 0.6) is 11.5 Å². The molecule has 2 saturated heterocycles. The van der Waals surface area contributed by atoms with Crippen LogP contribution >= 0.6 is 0 Å². The number of methoxy groups -OCH3 is 1. The van der Waals surface area contributed by atoms with E-state index in [9.17, 15) is 26.7 Å². The number of halogens is 5. The first-order valence-electron chi connectivity index (χ1n) is 11.3. The molecule has 0 aromatic heterocycles. The Labute approximate surface area is 195 Å². The highest BCUT2D eigenvalue weighted by Gasteiger charge is 2.51. The first-order chi connectivity index (χ1) is 16.7. The van der Waals surface area contributed by atoms with E-state index in [2.05, 4.69) is 0 Å². The maximum atomic E-state index is 13.9. The van der Waals surface area contributed by atoms with E-state index in [1.54, 1.807) is 0 Å². The van der Waals surface area contributed by atoms with Crippen LogP contribution in [0.15, 0.2) is 36.4 Å². The SMILES string of the molecule is [2H]C1([2H])OC2CN(C(=O)c3ccc(OC(C)C(F)(F)F)c(OC)c3)CCC2(c2cc(F)cc(F)c2)O1. The lowest BCUT2D eigenvalue weighted by atomic mass is 9.82. The number of carbonyl (C=O) groups is 1. The molecule has 2 heterocycles. The fourth-order valence-corrected chi connectivity index (χ4v) is 4.02. The number of amides is 1. The number of ether oxygens (including phenoxy) is 4. The third-order valence-electron chi connectivity index (χ3n) is 5.89. The molecule has 34 heavy (non-hydrogen) atoms. The maximum absolute atomic E-state index is 13.9. The summed E-state index contributed by atoms with van der Waals surface area (Å²) in [6.45, 7) is -1.89. The predicted molar refractivity (Wildman–Crippen MR) is 109 cm³/mol. The van der Waals surface area contributed by atoms with Gasteiger partial charge in [0.05, 0.1) is 16.4 Å². The zero-order valence-electron chi connectivity index (χ0n) is 20.1. The van der Waals surface area contributed by atoms with Gasteiger partial charge in [-0.2, -0.15) is 13.2 Å². The Morgan fingerprint density at radius 2 is 1.91 bits per heavy atom. The van der Waals surface area contributed by atoms with Crippen LogP contribution in [-0.2, 0) is 15.1 Å². The summed E-state index contributed by atoms with van der Waals surface area (Å²) < 4.78 is 103. The summed E-state index contributed by atoms with van der Waals surface area (Å²) >= 11 is 0. The highest BCUT2D eigenvalue weighted by Crippen LogP contribution is 2.43. The van der Waals surface area contributed by atoms with Gasteiger partial charge in [0.25, 0.3) is 5.91 Å². The minimum Gasteiger partial charge on any atom is -0.493 e. The minimum absolute atomic E-state index is 0.0125. The zero-order chi connectivity index (χ0) is 26.5. The van der Waals surface area contributed by atoms with Crippen molar-refractivity contribution in [1.82, 2.24) is 4.90 Å². The quantitative estimate of drug-likeness (QED) is 0.583. The topological polar surface area (TPSA) is 57.2 Å². The number of likely N-dealkylation sites (tertiary alicyclic amines) is 1. The third-order valence-corrected chi connectivity index (χ3v) is 5.89. The minimum atomic E-state index is -4.60. The van der Waals surface area contributed by atoms with E-state index in [4.69, 9.17) is 21.7 Å². The zero-order valence-corrected chi connectivity index (χ0v) is 18.1. The maximum Gasteiger partial charge on any atom is 0.425 e. The molecule has 184 valence electrons. The summed E-state index contributed by atoms with van der Waals surface area (Å²) in [6, 6.07) is 6.43. The van der Waals surface area contributed by atoms with E-state index in [-0.39, 0.29) is 42.1 Å². The molecule has 4 rings (SSSR count). The van der Waals surface area contributed by atoms with Gasteiger partial charge >= 0.3 is 6.18 Å². The van der Waals surface area contributed by atoms with Crippen LogP contribution in [0, 0.1) is 11.6 Å². The van der Waals surface area contributed by atoms with Gasteiger partial charge in [-0.25, -0.2) is 8.78 Å². The second kappa shape index (κ2) is 9.03. The van der Waals surface area contributed by atoms with Crippen molar-refractivity contribution < 1.29 is 48.4 Å². The van der Waals surface area contributed by atoms with Gasteiger partial charge in [-0.3, -0.25) is 4.79 Å². The van der Waals surface area contributed by atoms with Gasteiger partial charge < -0.3 is 23.8 Å². The fraction of sp³-hybridized carbons (Fsp3) is 0.435. The molecule has 0 bridgehead atoms. The number of hydrogen-bond acceptors (Lipinski definition) is 5. The molecule has 2 aromatic carbocycles. The normalized spacial score (nSPS) is 25.7. The van der Waals surface area contributed by atoms with Crippen LogP contribution in [0.4, 0.5) is 22.0 Å². The summed E-state index contributed by atoms with van der Waals surface area (Å²) in [5.74, 6) is -2.58. The van der Waals surface area contributed by atoms with E-state index < -0.39 is 48.3 Å². The molecule has 0 radical (unpaired) electrons. The van der Waals surface area contributed by atoms with Crippen molar-refractivity contribution in [2.75, 3.05) is 26.9 Å². The molecule has 2 fully saturated rings. The number of piperidine rings is 1. The van der Waals surface area contributed by atoms with Gasteiger partial charge in [0.1, 0.15) is 30.1 Å². The first kappa shape index (κ1) is 21.6. The third kappa shape index (κ3) is 4.54. The monoisotopic (exact) mass is 489 g/mol. The Balaban J connectivity index is 1.57. The van der Waals surface area contributed by atoms with E-state index in [1.807, 2.05) is 0 Å². The van der Waals surface area contributed by atoms with Crippen molar-refractivity contribution in [1.29, 1.82) is 0 Å². The smallest absolute Gasteiger partial charge is 0.425 e. The van der Waals surface area contributed by atoms with Crippen molar-refractivity contribution in [2.24, 2.45) is 0 Å². The molecule has 0 aliphatic carbocycles. The van der Waals surface area contributed by atoms with Gasteiger partial charge in [0.15, 0.2) is 17.6 Å². The van der Waals surface area contributed by atoms with Crippen LogP contribution in [0.2, 0.25) is 0 Å². The van der Waals surface area contributed by atoms with Gasteiger partial charge in [-0.05, 0) is 42.8 Å². The van der Waals surface area contributed by atoms with Crippen LogP contribution in [0.3, 0.4) is 0 Å². The summed E-state index contributed by atoms with van der Waals surface area (Å²) in [4.78, 5) is 14.5. The van der Waals surface area contributed by atoms with Gasteiger partial charge in [0.2, 0.25) is 0 Å². The second-order valence-corrected chi connectivity index (χ2v) is 8.01. The molecule has 0 N–H and O–H groups in total. The lowest BCUT2D eigenvalue weighted by molar-refractivity contribution is -0.189. The molecule has 6 nitrogen and oxygen atoms in total. The first-order valence-corrected chi connectivity index (χ1v) is 10.3. The number of rotatable bonds is 5. The number of carbonyl (C=O) groups excluding carboxylic acids is 1. The van der Waals surface area contributed by atoms with E-state index in [1.165, 1.54) is 30.2 Å². The Hall–Kier alpha value is -2.92. The number of hydrogen-bond donors (Lipinski definition) is 0. The summed E-state index contributed by atoms with van der Waals surface area (Å²) in [6.07, 6.45) is -7.83. The molecule has 0 spiro atoms. The molecule has 3 atom stereocenters. The highest BCUT2D eigenvalue weighted by atomic mass is 19.4. The molecule has 11 heteroatoms. The standard InChI is InChI=1S/C23H22F5NO5/c1-13(23(26,27)28)34-18-4-3-14(7-19(18)31-2)21(30)29-6-5-22(20(11-29)32-12-33-22)15-8-16(24)10-17(25)9-15/h3-4,7-10,13,20H,5-6,11-12H2,1-2H3/i12D2. The Morgan fingerprint density at radius 3 is 2.56 bits per heavy atom. The summed E-state index contributed by atoms with van der Waals surface area (Å²) in [5, 5.41) is 0. The average Bonchev–Trinajstić information content (AvgIpc) is 3.07. The summed E-state index contributed by atoms with van der Waals surface area (Å²) in [7, 11) is 1.22. The molecule has 2 aliphatic heterocycles. The van der Waals surface area contributed by atoms with Crippen LogP contribution in [0.1, 0.15) is 32.0 Å². The molecule has 0 saturated carbocycles. The molecule has 2 aliphatic rings. The van der Waals surface area contributed by atoms with E-state index >= 15 is 0 Å². The average molecular weight is 489 g/mol. The second-order valence-electron chi connectivity index (χ2n) is 8.01. The van der Waals surface area contributed by atoms with Crippen molar-refractivity contribution in [3.8, 4) is 11.5 Å². The summed E-state index contributed by atoms with van der Waals surface area (Å²) in [5.41, 5.74) is -1.42. The number of alkyl halides is 3. The molecular weight excluding hydrogens is 465 g/mol. The van der Waals surface area contributed by atoms with Crippen molar-refractivity contribution in [3.05, 3.63) is 59.2 Å². The van der Waals surface area contributed by atoms with Crippen LogP contribution in [-0.4, -0.2) is 56.1 Å². The Morgan fingerprint density at radius 1 is 1.21 bits per heavy atom. The number of benzene rings is 2. The Kier molecular flexibility index (Phi) is 5.74. The number of fused-ring (bicyclic) bond motifs is 1. The lowest BCUT2D eigenvalue weighted by Crippen LogP contribution is -2.53. The fourth-order valence-electron chi connectivity index (χ4n) is 4.02. The molecule has 2 aromatic rings. The van der Waals surface area contributed by atoms with Crippen LogP contribution in [0.25, 0.3) is 0 Å². The molecule has 1 amide bonds. The predicted octanol–water partition coefficient (Wildman–Crippen LogP) is 4.42.